The Morgan fingerprint density at radius 1 is 1.24 bits per heavy atom. The number of ether oxygens (including phenoxy) is 1. The summed E-state index contributed by atoms with van der Waals surface area (Å²) in [6, 6.07) is 8.03. The fraction of sp³-hybridized carbons (Fsp3) is 0.529. The van der Waals surface area contributed by atoms with Crippen molar-refractivity contribution >= 4 is 16.9 Å². The SMILES string of the molecule is CCC1CCCC(Oc2nc(NC)nc3ccccc23)C1. The maximum atomic E-state index is 6.25. The Morgan fingerprint density at radius 2 is 2.10 bits per heavy atom. The number of hydrogen-bond acceptors (Lipinski definition) is 4. The minimum atomic E-state index is 0.284. The predicted molar refractivity (Wildman–Crippen MR) is 85.7 cm³/mol. The van der Waals surface area contributed by atoms with Gasteiger partial charge in [0.05, 0.1) is 10.9 Å². The maximum absolute atomic E-state index is 6.25. The number of nitrogens with zero attached hydrogens (tertiary/aromatic N) is 2. The number of rotatable bonds is 4. The van der Waals surface area contributed by atoms with Gasteiger partial charge in [0.2, 0.25) is 11.8 Å². The lowest BCUT2D eigenvalue weighted by Crippen LogP contribution is -2.25. The molecule has 1 aromatic heterocycles. The molecule has 1 saturated carbocycles. The first-order valence-corrected chi connectivity index (χ1v) is 7.91. The second-order valence-electron chi connectivity index (χ2n) is 5.80. The molecule has 0 bridgehead atoms. The summed E-state index contributed by atoms with van der Waals surface area (Å²) in [6.45, 7) is 2.27. The lowest BCUT2D eigenvalue weighted by Gasteiger charge is -2.28. The zero-order chi connectivity index (χ0) is 14.7. The van der Waals surface area contributed by atoms with Crippen molar-refractivity contribution in [1.82, 2.24) is 9.97 Å². The van der Waals surface area contributed by atoms with Gasteiger partial charge in [0.25, 0.3) is 0 Å². The number of benzene rings is 1. The third-order valence-electron chi connectivity index (χ3n) is 4.38. The first kappa shape index (κ1) is 14.1. The smallest absolute Gasteiger partial charge is 0.226 e. The van der Waals surface area contributed by atoms with Gasteiger partial charge >= 0.3 is 0 Å². The number of nitrogens with one attached hydrogen (secondary N) is 1. The van der Waals surface area contributed by atoms with Crippen LogP contribution in [0.2, 0.25) is 0 Å². The van der Waals surface area contributed by atoms with Crippen LogP contribution in [0, 0.1) is 5.92 Å². The minimum absolute atomic E-state index is 0.284. The molecule has 0 aliphatic heterocycles. The van der Waals surface area contributed by atoms with Crippen LogP contribution in [0.1, 0.15) is 39.0 Å². The number of anilines is 1. The monoisotopic (exact) mass is 285 g/mol. The van der Waals surface area contributed by atoms with Crippen molar-refractivity contribution in [2.45, 2.75) is 45.1 Å². The number of fused-ring (bicyclic) bond motifs is 1. The quantitative estimate of drug-likeness (QED) is 0.921. The summed E-state index contributed by atoms with van der Waals surface area (Å²) in [7, 11) is 1.83. The third kappa shape index (κ3) is 3.09. The summed E-state index contributed by atoms with van der Waals surface area (Å²) < 4.78 is 6.25. The van der Waals surface area contributed by atoms with Gasteiger partial charge in [0.15, 0.2) is 0 Å². The van der Waals surface area contributed by atoms with Crippen LogP contribution in [0.15, 0.2) is 24.3 Å². The molecule has 4 nitrogen and oxygen atoms in total. The lowest BCUT2D eigenvalue weighted by molar-refractivity contribution is 0.119. The highest BCUT2D eigenvalue weighted by Gasteiger charge is 2.23. The molecule has 2 unspecified atom stereocenters. The normalized spacial score (nSPS) is 22.2. The standard InChI is InChI=1S/C17H23N3O/c1-3-12-7-6-8-13(11-12)21-16-14-9-4-5-10-15(14)19-17(18-2)20-16/h4-5,9-10,12-13H,3,6-8,11H2,1-2H3,(H,18,19,20). The minimum Gasteiger partial charge on any atom is -0.474 e. The molecule has 0 amide bonds. The molecule has 4 heteroatoms. The van der Waals surface area contributed by atoms with Gasteiger partial charge in [-0.1, -0.05) is 31.9 Å². The average molecular weight is 285 g/mol. The zero-order valence-corrected chi connectivity index (χ0v) is 12.8. The van der Waals surface area contributed by atoms with Crippen molar-refractivity contribution in [3.63, 3.8) is 0 Å². The van der Waals surface area contributed by atoms with Crippen LogP contribution < -0.4 is 10.1 Å². The van der Waals surface area contributed by atoms with E-state index in [1.807, 2.05) is 31.3 Å². The van der Waals surface area contributed by atoms with Crippen molar-refractivity contribution in [3.8, 4) is 5.88 Å². The van der Waals surface area contributed by atoms with E-state index in [4.69, 9.17) is 4.74 Å². The summed E-state index contributed by atoms with van der Waals surface area (Å²) in [6.07, 6.45) is 6.39. The first-order valence-electron chi connectivity index (χ1n) is 7.91. The van der Waals surface area contributed by atoms with E-state index in [2.05, 4.69) is 22.2 Å². The molecule has 2 aromatic rings. The van der Waals surface area contributed by atoms with Gasteiger partial charge in [-0.3, -0.25) is 0 Å². The van der Waals surface area contributed by atoms with E-state index in [0.29, 0.717) is 11.8 Å². The maximum Gasteiger partial charge on any atom is 0.226 e. The number of para-hydroxylation sites is 1. The van der Waals surface area contributed by atoms with E-state index >= 15 is 0 Å². The van der Waals surface area contributed by atoms with Gasteiger partial charge in [-0.15, -0.1) is 0 Å². The van der Waals surface area contributed by atoms with Crippen LogP contribution in [-0.2, 0) is 0 Å². The van der Waals surface area contributed by atoms with Crippen molar-refractivity contribution in [1.29, 1.82) is 0 Å². The van der Waals surface area contributed by atoms with E-state index in [1.165, 1.54) is 19.3 Å². The molecule has 1 N–H and O–H groups in total. The van der Waals surface area contributed by atoms with Crippen molar-refractivity contribution in [3.05, 3.63) is 24.3 Å². The van der Waals surface area contributed by atoms with E-state index in [0.717, 1.165) is 29.7 Å². The molecule has 1 heterocycles. The molecule has 2 atom stereocenters. The summed E-state index contributed by atoms with van der Waals surface area (Å²) >= 11 is 0. The fourth-order valence-corrected chi connectivity index (χ4v) is 3.13. The highest BCUT2D eigenvalue weighted by atomic mass is 16.5. The molecule has 0 saturated heterocycles. The Balaban J connectivity index is 1.88. The van der Waals surface area contributed by atoms with Gasteiger partial charge in [-0.05, 0) is 37.3 Å². The Labute approximate surface area is 125 Å². The van der Waals surface area contributed by atoms with E-state index in [-0.39, 0.29) is 6.10 Å². The van der Waals surface area contributed by atoms with Gasteiger partial charge in [0.1, 0.15) is 6.10 Å². The molecule has 1 fully saturated rings. The summed E-state index contributed by atoms with van der Waals surface area (Å²) in [5.74, 6) is 2.12. The van der Waals surface area contributed by atoms with Gasteiger partial charge in [-0.2, -0.15) is 4.98 Å². The topological polar surface area (TPSA) is 47.0 Å². The summed E-state index contributed by atoms with van der Waals surface area (Å²) in [4.78, 5) is 9.00. The number of hydrogen-bond donors (Lipinski definition) is 1. The summed E-state index contributed by atoms with van der Waals surface area (Å²) in [5, 5.41) is 4.01. The highest BCUT2D eigenvalue weighted by molar-refractivity contribution is 5.84. The van der Waals surface area contributed by atoms with Crippen molar-refractivity contribution in [2.24, 2.45) is 5.92 Å². The van der Waals surface area contributed by atoms with Crippen LogP contribution in [0.3, 0.4) is 0 Å². The molecule has 1 aliphatic carbocycles. The number of aromatic nitrogens is 2. The zero-order valence-electron chi connectivity index (χ0n) is 12.8. The molecule has 1 aromatic carbocycles. The first-order chi connectivity index (χ1) is 10.3. The van der Waals surface area contributed by atoms with Crippen LogP contribution in [-0.4, -0.2) is 23.1 Å². The van der Waals surface area contributed by atoms with Gasteiger partial charge in [0, 0.05) is 7.05 Å². The van der Waals surface area contributed by atoms with Crippen molar-refractivity contribution in [2.75, 3.05) is 12.4 Å². The molecular formula is C17H23N3O. The molecule has 0 radical (unpaired) electrons. The second-order valence-corrected chi connectivity index (χ2v) is 5.80. The summed E-state index contributed by atoms with van der Waals surface area (Å²) in [5.41, 5.74) is 0.926. The molecule has 112 valence electrons. The van der Waals surface area contributed by atoms with Gasteiger partial charge < -0.3 is 10.1 Å². The Morgan fingerprint density at radius 3 is 2.90 bits per heavy atom. The lowest BCUT2D eigenvalue weighted by atomic mass is 9.85. The highest BCUT2D eigenvalue weighted by Crippen LogP contribution is 2.31. The van der Waals surface area contributed by atoms with Crippen LogP contribution in [0.25, 0.3) is 10.9 Å². The third-order valence-corrected chi connectivity index (χ3v) is 4.38. The van der Waals surface area contributed by atoms with Gasteiger partial charge in [-0.25, -0.2) is 4.98 Å². The molecular weight excluding hydrogens is 262 g/mol. The Kier molecular flexibility index (Phi) is 4.23. The molecule has 1 aliphatic rings. The average Bonchev–Trinajstić information content (AvgIpc) is 2.55. The van der Waals surface area contributed by atoms with Crippen LogP contribution >= 0.6 is 0 Å². The second kappa shape index (κ2) is 6.29. The molecule has 3 rings (SSSR count). The Hall–Kier alpha value is -1.84. The van der Waals surface area contributed by atoms with E-state index in [1.54, 1.807) is 0 Å². The van der Waals surface area contributed by atoms with Crippen LogP contribution in [0.5, 0.6) is 5.88 Å². The van der Waals surface area contributed by atoms with Crippen molar-refractivity contribution < 1.29 is 4.74 Å². The van der Waals surface area contributed by atoms with E-state index < -0.39 is 0 Å². The van der Waals surface area contributed by atoms with Crippen LogP contribution in [0.4, 0.5) is 5.95 Å². The van der Waals surface area contributed by atoms with E-state index in [9.17, 15) is 0 Å². The largest absolute Gasteiger partial charge is 0.474 e. The molecule has 0 spiro atoms. The predicted octanol–water partition coefficient (Wildman–Crippen LogP) is 4.02. The fourth-order valence-electron chi connectivity index (χ4n) is 3.13. The molecule has 21 heavy (non-hydrogen) atoms. The Bertz CT molecular complexity index is 614.